The molecule has 23 heavy (non-hydrogen) atoms. The highest BCUT2D eigenvalue weighted by Gasteiger charge is 2.24. The van der Waals surface area contributed by atoms with Crippen molar-refractivity contribution < 1.29 is 23.4 Å². The van der Waals surface area contributed by atoms with E-state index in [-0.39, 0.29) is 12.3 Å². The molecule has 124 valence electrons. The maximum absolute atomic E-state index is 12.2. The summed E-state index contributed by atoms with van der Waals surface area (Å²) in [5.74, 6) is -0.0527. The minimum atomic E-state index is -2.93. The fourth-order valence-corrected chi connectivity index (χ4v) is 2.63. The maximum atomic E-state index is 12.2. The lowest BCUT2D eigenvalue weighted by Gasteiger charge is -2.22. The second kappa shape index (κ2) is 7.38. The second-order valence-corrected chi connectivity index (χ2v) is 5.78. The average Bonchev–Trinajstić information content (AvgIpc) is 3.00. The van der Waals surface area contributed by atoms with Gasteiger partial charge in [0, 0.05) is 11.8 Å². The first kappa shape index (κ1) is 17.2. The Morgan fingerprint density at radius 1 is 1.43 bits per heavy atom. The lowest BCUT2D eigenvalue weighted by atomic mass is 9.99. The molecular weight excluding hydrogens is 326 g/mol. The zero-order valence-electron chi connectivity index (χ0n) is 12.3. The summed E-state index contributed by atoms with van der Waals surface area (Å²) in [5.41, 5.74) is -0.191. The number of thiophene rings is 1. The highest BCUT2D eigenvalue weighted by Crippen LogP contribution is 2.22. The summed E-state index contributed by atoms with van der Waals surface area (Å²) in [6.07, 6.45) is 0. The van der Waals surface area contributed by atoms with Crippen LogP contribution in [0.2, 0.25) is 0 Å². The summed E-state index contributed by atoms with van der Waals surface area (Å²) in [6, 6.07) is 6.87. The summed E-state index contributed by atoms with van der Waals surface area (Å²) in [6.45, 7) is -1.34. The molecule has 0 bridgehead atoms. The van der Waals surface area contributed by atoms with Crippen molar-refractivity contribution in [1.29, 1.82) is 0 Å². The van der Waals surface area contributed by atoms with E-state index in [1.165, 1.54) is 35.6 Å². The second-order valence-electron chi connectivity index (χ2n) is 5.00. The number of urea groups is 1. The van der Waals surface area contributed by atoms with Crippen molar-refractivity contribution in [2.75, 3.05) is 11.9 Å². The van der Waals surface area contributed by atoms with Gasteiger partial charge in [0.25, 0.3) is 0 Å². The topological polar surface area (TPSA) is 70.6 Å². The minimum absolute atomic E-state index is 0.00277. The van der Waals surface area contributed by atoms with Gasteiger partial charge in [-0.25, -0.2) is 4.79 Å². The molecule has 0 aliphatic carbocycles. The van der Waals surface area contributed by atoms with Crippen LogP contribution in [0, 0.1) is 0 Å². The first-order chi connectivity index (χ1) is 10.9. The lowest BCUT2D eigenvalue weighted by Crippen LogP contribution is -2.40. The van der Waals surface area contributed by atoms with Gasteiger partial charge in [-0.3, -0.25) is 0 Å². The third-order valence-electron chi connectivity index (χ3n) is 3.05. The first-order valence-electron chi connectivity index (χ1n) is 6.71. The normalized spacial score (nSPS) is 13.4. The molecule has 0 aliphatic heterocycles. The Hall–Kier alpha value is -2.19. The highest BCUT2D eigenvalue weighted by atomic mass is 32.1. The van der Waals surface area contributed by atoms with Crippen molar-refractivity contribution in [3.8, 4) is 5.75 Å². The molecule has 1 aromatic carbocycles. The van der Waals surface area contributed by atoms with Gasteiger partial charge in [-0.15, -0.1) is 0 Å². The van der Waals surface area contributed by atoms with Crippen molar-refractivity contribution in [2.45, 2.75) is 19.1 Å². The van der Waals surface area contributed by atoms with Gasteiger partial charge in [0.05, 0.1) is 6.54 Å². The van der Waals surface area contributed by atoms with Crippen molar-refractivity contribution >= 4 is 23.1 Å². The summed E-state index contributed by atoms with van der Waals surface area (Å²) in [4.78, 5) is 11.8. The number of hydrogen-bond donors (Lipinski definition) is 3. The van der Waals surface area contributed by atoms with Crippen molar-refractivity contribution in [1.82, 2.24) is 5.32 Å². The summed E-state index contributed by atoms with van der Waals surface area (Å²) in [7, 11) is 0. The Morgan fingerprint density at radius 3 is 2.87 bits per heavy atom. The van der Waals surface area contributed by atoms with Crippen LogP contribution in [-0.2, 0) is 5.60 Å². The van der Waals surface area contributed by atoms with Crippen LogP contribution in [0.3, 0.4) is 0 Å². The van der Waals surface area contributed by atoms with Gasteiger partial charge >= 0.3 is 12.6 Å². The predicted molar refractivity (Wildman–Crippen MR) is 84.0 cm³/mol. The lowest BCUT2D eigenvalue weighted by molar-refractivity contribution is -0.0498. The van der Waals surface area contributed by atoms with Gasteiger partial charge in [0.15, 0.2) is 0 Å². The number of rotatable bonds is 6. The van der Waals surface area contributed by atoms with Gasteiger partial charge in [-0.2, -0.15) is 20.1 Å². The number of aliphatic hydroxyl groups is 1. The van der Waals surface area contributed by atoms with E-state index in [1.54, 1.807) is 18.4 Å². The molecule has 0 fully saturated rings. The fraction of sp³-hybridized carbons (Fsp3) is 0.267. The van der Waals surface area contributed by atoms with Crippen molar-refractivity contribution in [3.63, 3.8) is 0 Å². The van der Waals surface area contributed by atoms with Gasteiger partial charge < -0.3 is 20.5 Å². The van der Waals surface area contributed by atoms with E-state index in [4.69, 9.17) is 0 Å². The minimum Gasteiger partial charge on any atom is -0.435 e. The van der Waals surface area contributed by atoms with E-state index in [2.05, 4.69) is 15.4 Å². The van der Waals surface area contributed by atoms with Crippen LogP contribution in [0.1, 0.15) is 12.5 Å². The zero-order chi connectivity index (χ0) is 16.9. The molecule has 1 atom stereocenters. The fourth-order valence-electron chi connectivity index (χ4n) is 1.85. The van der Waals surface area contributed by atoms with Crippen LogP contribution in [0.25, 0.3) is 0 Å². The first-order valence-corrected chi connectivity index (χ1v) is 7.66. The standard InChI is InChI=1S/C15H16F2N2O3S/c1-15(21,10-5-6-23-8-10)9-18-14(20)19-11-3-2-4-12(7-11)22-13(16)17/h2-8,13,21H,9H2,1H3,(H2,18,19,20). The van der Waals surface area contributed by atoms with Gasteiger partial charge in [0.2, 0.25) is 0 Å². The molecule has 2 aromatic rings. The number of alkyl halides is 2. The Kier molecular flexibility index (Phi) is 5.51. The Morgan fingerprint density at radius 2 is 2.22 bits per heavy atom. The number of nitrogens with one attached hydrogen (secondary N) is 2. The highest BCUT2D eigenvalue weighted by molar-refractivity contribution is 7.08. The number of carbonyl (C=O) groups is 1. The van der Waals surface area contributed by atoms with E-state index < -0.39 is 18.2 Å². The molecule has 0 radical (unpaired) electrons. The van der Waals surface area contributed by atoms with Crippen molar-refractivity contribution in [2.24, 2.45) is 0 Å². The molecule has 5 nitrogen and oxygen atoms in total. The average molecular weight is 342 g/mol. The molecule has 1 aromatic heterocycles. The monoisotopic (exact) mass is 342 g/mol. The van der Waals surface area contributed by atoms with Crippen LogP contribution < -0.4 is 15.4 Å². The van der Waals surface area contributed by atoms with Crippen LogP contribution in [-0.4, -0.2) is 24.3 Å². The van der Waals surface area contributed by atoms with E-state index in [0.29, 0.717) is 11.3 Å². The molecule has 0 aliphatic rings. The van der Waals surface area contributed by atoms with E-state index in [0.717, 1.165) is 0 Å². The summed E-state index contributed by atoms with van der Waals surface area (Å²) >= 11 is 1.45. The SMILES string of the molecule is CC(O)(CNC(=O)Nc1cccc(OC(F)F)c1)c1ccsc1. The molecule has 1 unspecified atom stereocenters. The number of halogens is 2. The number of benzene rings is 1. The Labute approximate surface area is 135 Å². The number of ether oxygens (including phenoxy) is 1. The quantitative estimate of drug-likeness (QED) is 0.754. The van der Waals surface area contributed by atoms with Crippen LogP contribution in [0.4, 0.5) is 19.3 Å². The Bertz CT molecular complexity index is 648. The van der Waals surface area contributed by atoms with E-state index >= 15 is 0 Å². The number of anilines is 1. The van der Waals surface area contributed by atoms with Gasteiger partial charge in [-0.1, -0.05) is 6.07 Å². The smallest absolute Gasteiger partial charge is 0.387 e. The number of amides is 2. The predicted octanol–water partition coefficient (Wildman–Crippen LogP) is 3.38. The van der Waals surface area contributed by atoms with Crippen LogP contribution in [0.15, 0.2) is 41.1 Å². The van der Waals surface area contributed by atoms with E-state index in [9.17, 15) is 18.7 Å². The molecule has 3 N–H and O–H groups in total. The molecule has 1 heterocycles. The van der Waals surface area contributed by atoms with E-state index in [1.807, 2.05) is 5.38 Å². The molecular formula is C15H16F2N2O3S. The maximum Gasteiger partial charge on any atom is 0.387 e. The third kappa shape index (κ3) is 5.19. The summed E-state index contributed by atoms with van der Waals surface area (Å²) in [5, 5.41) is 18.9. The molecule has 0 saturated heterocycles. The molecule has 2 rings (SSSR count). The van der Waals surface area contributed by atoms with Crippen LogP contribution in [0.5, 0.6) is 5.75 Å². The third-order valence-corrected chi connectivity index (χ3v) is 3.74. The van der Waals surface area contributed by atoms with Crippen LogP contribution >= 0.6 is 11.3 Å². The van der Waals surface area contributed by atoms with Gasteiger partial charge in [-0.05, 0) is 41.4 Å². The number of carbonyl (C=O) groups excluding carboxylic acids is 1. The molecule has 2 amide bonds. The summed E-state index contributed by atoms with van der Waals surface area (Å²) < 4.78 is 28.6. The zero-order valence-corrected chi connectivity index (χ0v) is 13.1. The molecule has 8 heteroatoms. The largest absolute Gasteiger partial charge is 0.435 e. The van der Waals surface area contributed by atoms with Crippen molar-refractivity contribution in [3.05, 3.63) is 46.7 Å². The molecule has 0 spiro atoms. The number of hydrogen-bond acceptors (Lipinski definition) is 4. The van der Waals surface area contributed by atoms with Gasteiger partial charge in [0.1, 0.15) is 11.4 Å². The Balaban J connectivity index is 1.90. The molecule has 0 saturated carbocycles.